The van der Waals surface area contributed by atoms with Crippen LogP contribution in [0.5, 0.6) is 0 Å². The Kier molecular flexibility index (Phi) is 4.52. The highest BCUT2D eigenvalue weighted by Gasteiger charge is 2.16. The zero-order valence-corrected chi connectivity index (χ0v) is 12.0. The summed E-state index contributed by atoms with van der Waals surface area (Å²) in [5.74, 6) is -0.718. The molecule has 106 valence electrons. The summed E-state index contributed by atoms with van der Waals surface area (Å²) >= 11 is 12.1. The van der Waals surface area contributed by atoms with Crippen LogP contribution in [0, 0.1) is 0 Å². The van der Waals surface area contributed by atoms with Crippen molar-refractivity contribution < 1.29 is 9.59 Å². The summed E-state index contributed by atoms with van der Waals surface area (Å²) < 4.78 is 0. The molecule has 0 bridgehead atoms. The summed E-state index contributed by atoms with van der Waals surface area (Å²) in [7, 11) is 0. The van der Waals surface area contributed by atoms with Crippen molar-refractivity contribution in [2.24, 2.45) is 5.73 Å². The van der Waals surface area contributed by atoms with Gasteiger partial charge >= 0.3 is 0 Å². The first kappa shape index (κ1) is 14.7. The summed E-state index contributed by atoms with van der Waals surface area (Å²) in [5.41, 5.74) is 6.04. The number of halogens is 2. The number of carbonyl (C=O) groups is 2. The van der Waals surface area contributed by atoms with E-state index in [1.54, 1.807) is 18.2 Å². The quantitative estimate of drug-likeness (QED) is 0.740. The van der Waals surface area contributed by atoms with Crippen molar-refractivity contribution in [3.63, 3.8) is 0 Å². The predicted octanol–water partition coefficient (Wildman–Crippen LogP) is 2.47. The molecule has 4 N–H and O–H groups in total. The maximum atomic E-state index is 12.0. The van der Waals surface area contributed by atoms with Crippen molar-refractivity contribution >= 4 is 45.9 Å². The third-order valence-electron chi connectivity index (χ3n) is 2.81. The monoisotopic (exact) mass is 313 g/mol. The van der Waals surface area contributed by atoms with E-state index in [-0.39, 0.29) is 18.0 Å². The second-order valence-corrected chi connectivity index (χ2v) is 5.14. The highest BCUT2D eigenvalue weighted by Crippen LogP contribution is 2.29. The minimum Gasteiger partial charge on any atom is -0.370 e. The number of H-pyrrole nitrogens is 1. The molecule has 2 amide bonds. The minimum atomic E-state index is -0.391. The van der Waals surface area contributed by atoms with Crippen LogP contribution in [0.1, 0.15) is 23.3 Å². The van der Waals surface area contributed by atoms with E-state index in [1.807, 2.05) is 0 Å². The van der Waals surface area contributed by atoms with E-state index in [9.17, 15) is 9.59 Å². The molecule has 20 heavy (non-hydrogen) atoms. The van der Waals surface area contributed by atoms with Crippen LogP contribution in [0.25, 0.3) is 10.9 Å². The molecular weight excluding hydrogens is 301 g/mol. The van der Waals surface area contributed by atoms with Crippen molar-refractivity contribution in [3.05, 3.63) is 33.9 Å². The molecular formula is C13H13Cl2N3O2. The van der Waals surface area contributed by atoms with Crippen LogP contribution < -0.4 is 11.1 Å². The van der Waals surface area contributed by atoms with Crippen LogP contribution in [0.3, 0.4) is 0 Å². The van der Waals surface area contributed by atoms with Gasteiger partial charge in [-0.05, 0) is 24.6 Å². The standard InChI is InChI=1S/C13H13Cl2N3O2/c14-7-3-4-9-8(6-7)11(15)12(18-9)13(20)17-5-1-2-10(16)19/h3-4,6,18H,1-2,5H2,(H2,16,19)(H,17,20). The molecule has 1 heterocycles. The predicted molar refractivity (Wildman–Crippen MR) is 79.1 cm³/mol. The number of primary amides is 1. The zero-order chi connectivity index (χ0) is 14.7. The van der Waals surface area contributed by atoms with Crippen molar-refractivity contribution in [2.75, 3.05) is 6.54 Å². The molecule has 0 aliphatic carbocycles. The van der Waals surface area contributed by atoms with Crippen molar-refractivity contribution in [1.82, 2.24) is 10.3 Å². The van der Waals surface area contributed by atoms with Crippen LogP contribution in [0.4, 0.5) is 0 Å². The minimum absolute atomic E-state index is 0.232. The Morgan fingerprint density at radius 3 is 2.75 bits per heavy atom. The van der Waals surface area contributed by atoms with E-state index >= 15 is 0 Å². The summed E-state index contributed by atoms with van der Waals surface area (Å²) in [5, 5.41) is 4.25. The van der Waals surface area contributed by atoms with Crippen LogP contribution in [0.15, 0.2) is 18.2 Å². The lowest BCUT2D eigenvalue weighted by Crippen LogP contribution is -2.26. The number of rotatable bonds is 5. The van der Waals surface area contributed by atoms with Gasteiger partial charge in [-0.2, -0.15) is 0 Å². The molecule has 0 aliphatic rings. The number of carbonyl (C=O) groups excluding carboxylic acids is 2. The van der Waals surface area contributed by atoms with E-state index in [1.165, 1.54) is 0 Å². The highest BCUT2D eigenvalue weighted by atomic mass is 35.5. The maximum Gasteiger partial charge on any atom is 0.269 e. The molecule has 0 unspecified atom stereocenters. The van der Waals surface area contributed by atoms with Gasteiger partial charge in [-0.3, -0.25) is 9.59 Å². The molecule has 2 aromatic rings. The molecule has 0 radical (unpaired) electrons. The summed E-state index contributed by atoms with van der Waals surface area (Å²) in [4.78, 5) is 25.5. The molecule has 1 aromatic carbocycles. The van der Waals surface area contributed by atoms with Gasteiger partial charge in [-0.1, -0.05) is 23.2 Å². The smallest absolute Gasteiger partial charge is 0.269 e. The SMILES string of the molecule is NC(=O)CCCNC(=O)c1[nH]c2ccc(Cl)cc2c1Cl. The summed E-state index contributed by atoms with van der Waals surface area (Å²) in [6, 6.07) is 5.16. The van der Waals surface area contributed by atoms with Gasteiger partial charge in [-0.15, -0.1) is 0 Å². The topological polar surface area (TPSA) is 88.0 Å². The van der Waals surface area contributed by atoms with E-state index in [2.05, 4.69) is 10.3 Å². The fourth-order valence-electron chi connectivity index (χ4n) is 1.84. The number of fused-ring (bicyclic) bond motifs is 1. The van der Waals surface area contributed by atoms with E-state index in [0.29, 0.717) is 28.4 Å². The lowest BCUT2D eigenvalue weighted by atomic mass is 10.2. The second kappa shape index (κ2) is 6.15. The Hall–Kier alpha value is -1.72. The van der Waals surface area contributed by atoms with Gasteiger partial charge in [0.15, 0.2) is 0 Å². The third kappa shape index (κ3) is 3.23. The number of aromatic amines is 1. The van der Waals surface area contributed by atoms with Gasteiger partial charge in [0.1, 0.15) is 5.69 Å². The average molecular weight is 314 g/mol. The first-order valence-corrected chi connectivity index (χ1v) is 6.78. The van der Waals surface area contributed by atoms with E-state index in [4.69, 9.17) is 28.9 Å². The number of nitrogens with one attached hydrogen (secondary N) is 2. The Balaban J connectivity index is 2.10. The van der Waals surface area contributed by atoms with Gasteiger partial charge in [0.25, 0.3) is 5.91 Å². The Morgan fingerprint density at radius 2 is 2.05 bits per heavy atom. The summed E-state index contributed by atoms with van der Waals surface area (Å²) in [6.45, 7) is 0.355. The van der Waals surface area contributed by atoms with E-state index < -0.39 is 5.91 Å². The molecule has 5 nitrogen and oxygen atoms in total. The lowest BCUT2D eigenvalue weighted by Gasteiger charge is -2.02. The van der Waals surface area contributed by atoms with Gasteiger partial charge < -0.3 is 16.0 Å². The molecule has 0 spiro atoms. The van der Waals surface area contributed by atoms with Gasteiger partial charge in [-0.25, -0.2) is 0 Å². The molecule has 1 aromatic heterocycles. The van der Waals surface area contributed by atoms with Crippen LogP contribution in [-0.4, -0.2) is 23.3 Å². The number of nitrogens with two attached hydrogens (primary N) is 1. The van der Waals surface area contributed by atoms with Crippen LogP contribution in [0.2, 0.25) is 10.0 Å². The van der Waals surface area contributed by atoms with Gasteiger partial charge in [0, 0.05) is 28.9 Å². The number of hydrogen-bond donors (Lipinski definition) is 3. The van der Waals surface area contributed by atoms with Crippen molar-refractivity contribution in [1.29, 1.82) is 0 Å². The van der Waals surface area contributed by atoms with Crippen LogP contribution in [-0.2, 0) is 4.79 Å². The molecule has 0 saturated carbocycles. The Labute approximate surface area is 125 Å². The third-order valence-corrected chi connectivity index (χ3v) is 3.44. The fourth-order valence-corrected chi connectivity index (χ4v) is 2.30. The van der Waals surface area contributed by atoms with Crippen molar-refractivity contribution in [3.8, 4) is 0 Å². The maximum absolute atomic E-state index is 12.0. The van der Waals surface area contributed by atoms with Crippen molar-refractivity contribution in [2.45, 2.75) is 12.8 Å². The number of hydrogen-bond acceptors (Lipinski definition) is 2. The van der Waals surface area contributed by atoms with E-state index in [0.717, 1.165) is 5.52 Å². The number of aromatic nitrogens is 1. The number of amides is 2. The second-order valence-electron chi connectivity index (χ2n) is 4.33. The molecule has 0 saturated heterocycles. The molecule has 0 fully saturated rings. The lowest BCUT2D eigenvalue weighted by molar-refractivity contribution is -0.118. The Morgan fingerprint density at radius 1 is 1.30 bits per heavy atom. The Bertz CT molecular complexity index is 667. The fraction of sp³-hybridized carbons (Fsp3) is 0.231. The largest absolute Gasteiger partial charge is 0.370 e. The van der Waals surface area contributed by atoms with Gasteiger partial charge in [0.2, 0.25) is 5.91 Å². The highest BCUT2D eigenvalue weighted by molar-refractivity contribution is 6.39. The average Bonchev–Trinajstić information content (AvgIpc) is 2.72. The number of benzene rings is 1. The van der Waals surface area contributed by atoms with Crippen LogP contribution >= 0.6 is 23.2 Å². The molecule has 0 atom stereocenters. The molecule has 7 heteroatoms. The first-order valence-electron chi connectivity index (χ1n) is 6.02. The molecule has 0 aliphatic heterocycles. The normalized spacial score (nSPS) is 10.7. The molecule has 2 rings (SSSR count). The zero-order valence-electron chi connectivity index (χ0n) is 10.5. The summed E-state index contributed by atoms with van der Waals surface area (Å²) in [6.07, 6.45) is 0.723. The first-order chi connectivity index (χ1) is 9.49. The van der Waals surface area contributed by atoms with Gasteiger partial charge in [0.05, 0.1) is 5.02 Å².